The molecule has 3 heterocycles. The maximum Gasteiger partial charge on any atom is 0.328 e. The summed E-state index contributed by atoms with van der Waals surface area (Å²) in [5.74, 6) is -0.446. The van der Waals surface area contributed by atoms with Crippen LogP contribution in [0.4, 0.5) is 0 Å². The highest BCUT2D eigenvalue weighted by molar-refractivity contribution is 5.94. The third-order valence-corrected chi connectivity index (χ3v) is 4.69. The fourth-order valence-electron chi connectivity index (χ4n) is 2.97. The molecule has 0 spiro atoms. The Balaban J connectivity index is 1.66. The van der Waals surface area contributed by atoms with Crippen LogP contribution in [-0.4, -0.2) is 61.6 Å². The number of rotatable bonds is 4. The van der Waals surface area contributed by atoms with Gasteiger partial charge in [-0.25, -0.2) is 4.79 Å². The van der Waals surface area contributed by atoms with E-state index >= 15 is 0 Å². The van der Waals surface area contributed by atoms with Gasteiger partial charge in [0.15, 0.2) is 0 Å². The number of aryl methyl sites for hydroxylation is 2. The molecule has 1 saturated heterocycles. The smallest absolute Gasteiger partial charge is 0.328 e. The van der Waals surface area contributed by atoms with E-state index < -0.39 is 41.5 Å². The van der Waals surface area contributed by atoms with Gasteiger partial charge in [0.1, 0.15) is 18.3 Å². The molecule has 2 aromatic rings. The fourth-order valence-corrected chi connectivity index (χ4v) is 2.97. The largest absolute Gasteiger partial charge is 0.388 e. The van der Waals surface area contributed by atoms with E-state index in [4.69, 9.17) is 4.74 Å². The van der Waals surface area contributed by atoms with E-state index in [0.717, 1.165) is 5.69 Å². The van der Waals surface area contributed by atoms with Crippen molar-refractivity contribution in [1.29, 1.82) is 0 Å². The fraction of sp³-hybridized carbons (Fsp3) is 0.444. The summed E-state index contributed by atoms with van der Waals surface area (Å²) in [4.78, 5) is 41.8. The molecule has 3 rings (SSSR count). The lowest BCUT2D eigenvalue weighted by Gasteiger charge is -2.38. The van der Waals surface area contributed by atoms with Gasteiger partial charge in [0.25, 0.3) is 11.5 Å². The number of H-pyrrole nitrogens is 1. The van der Waals surface area contributed by atoms with Crippen molar-refractivity contribution in [2.45, 2.75) is 44.7 Å². The second kappa shape index (κ2) is 8.05. The Kier molecular flexibility index (Phi) is 5.73. The van der Waals surface area contributed by atoms with E-state index in [1.807, 2.05) is 0 Å². The van der Waals surface area contributed by atoms with Crippen molar-refractivity contribution in [3.05, 3.63) is 62.2 Å². The van der Waals surface area contributed by atoms with Gasteiger partial charge in [-0.15, -0.1) is 0 Å². The lowest BCUT2D eigenvalue weighted by molar-refractivity contribution is -0.152. The summed E-state index contributed by atoms with van der Waals surface area (Å²) in [5.41, 5.74) is 0.304. The molecule has 4 atom stereocenters. The van der Waals surface area contributed by atoms with Crippen LogP contribution in [0.1, 0.15) is 21.6 Å². The van der Waals surface area contributed by atoms with Crippen LogP contribution in [0.3, 0.4) is 0 Å². The molecule has 0 aliphatic carbocycles. The van der Waals surface area contributed by atoms with Gasteiger partial charge >= 0.3 is 5.69 Å². The van der Waals surface area contributed by atoms with E-state index in [-0.39, 0.29) is 13.2 Å². The number of pyridine rings is 1. The minimum absolute atomic E-state index is 0.0506. The highest BCUT2D eigenvalue weighted by Gasteiger charge is 2.39. The Hall–Kier alpha value is -2.82. The minimum atomic E-state index is -1.34. The zero-order valence-corrected chi connectivity index (χ0v) is 15.5. The van der Waals surface area contributed by atoms with Gasteiger partial charge < -0.3 is 20.3 Å². The monoisotopic (exact) mass is 390 g/mol. The molecular formula is C18H22N4O6. The van der Waals surface area contributed by atoms with Crippen molar-refractivity contribution in [1.82, 2.24) is 19.9 Å². The molecule has 1 amide bonds. The first-order valence-corrected chi connectivity index (χ1v) is 8.78. The highest BCUT2D eigenvalue weighted by atomic mass is 16.5. The molecule has 0 aromatic carbocycles. The van der Waals surface area contributed by atoms with Crippen LogP contribution in [0.25, 0.3) is 0 Å². The van der Waals surface area contributed by atoms with Gasteiger partial charge in [0.2, 0.25) is 0 Å². The molecule has 10 heteroatoms. The van der Waals surface area contributed by atoms with Crippen LogP contribution in [0.2, 0.25) is 0 Å². The van der Waals surface area contributed by atoms with E-state index in [1.165, 1.54) is 17.0 Å². The van der Waals surface area contributed by atoms with Crippen LogP contribution in [0.15, 0.2) is 34.1 Å². The maximum atomic E-state index is 12.3. The molecule has 1 aliphatic heterocycles. The molecule has 2 aromatic heterocycles. The van der Waals surface area contributed by atoms with Crippen molar-refractivity contribution >= 4 is 5.91 Å². The Morgan fingerprint density at radius 3 is 2.75 bits per heavy atom. The average molecular weight is 390 g/mol. The number of amides is 1. The summed E-state index contributed by atoms with van der Waals surface area (Å²) in [6, 6.07) is 2.48. The maximum absolute atomic E-state index is 12.3. The molecule has 0 bridgehead atoms. The van der Waals surface area contributed by atoms with Crippen LogP contribution in [-0.2, 0) is 11.3 Å². The van der Waals surface area contributed by atoms with Crippen molar-refractivity contribution in [2.24, 2.45) is 0 Å². The lowest BCUT2D eigenvalue weighted by atomic mass is 9.97. The van der Waals surface area contributed by atoms with E-state index in [9.17, 15) is 24.6 Å². The third kappa shape index (κ3) is 4.19. The summed E-state index contributed by atoms with van der Waals surface area (Å²) >= 11 is 0. The Labute approximate surface area is 159 Å². The SMILES string of the molecule is Cc1ccc(C(=O)N[C@@H]2CO[C@H](Cn3cc(C)c(=O)[nH]c3=O)[C@@H](O)[C@H]2O)cn1. The predicted molar refractivity (Wildman–Crippen MR) is 98.0 cm³/mol. The van der Waals surface area contributed by atoms with Gasteiger partial charge in [-0.05, 0) is 26.0 Å². The number of nitrogens with one attached hydrogen (secondary N) is 2. The number of carbonyl (C=O) groups is 1. The number of hydrogen-bond donors (Lipinski definition) is 4. The summed E-state index contributed by atoms with van der Waals surface area (Å²) in [7, 11) is 0. The molecule has 10 nitrogen and oxygen atoms in total. The number of ether oxygens (including phenoxy) is 1. The van der Waals surface area contributed by atoms with Crippen LogP contribution >= 0.6 is 0 Å². The first-order valence-electron chi connectivity index (χ1n) is 8.78. The van der Waals surface area contributed by atoms with Crippen molar-refractivity contribution in [3.63, 3.8) is 0 Å². The normalized spacial score (nSPS) is 24.7. The molecule has 1 aliphatic rings. The van der Waals surface area contributed by atoms with Crippen molar-refractivity contribution < 1.29 is 19.7 Å². The Morgan fingerprint density at radius 2 is 2.07 bits per heavy atom. The number of aliphatic hydroxyl groups excluding tert-OH is 2. The lowest BCUT2D eigenvalue weighted by Crippen LogP contribution is -2.60. The number of aromatic amines is 1. The standard InChI is InChI=1S/C18H22N4O6/c1-9-6-22(18(27)21-16(9)25)7-13-15(24)14(23)12(8-28-13)20-17(26)11-4-3-10(2)19-5-11/h3-6,12-15,23-24H,7-8H2,1-2H3,(H,20,26)(H,21,25,27)/t12-,13-,14+,15-/m1/s1. The molecular weight excluding hydrogens is 368 g/mol. The molecule has 1 fully saturated rings. The Bertz CT molecular complexity index is 967. The van der Waals surface area contributed by atoms with Crippen molar-refractivity contribution in [2.75, 3.05) is 6.61 Å². The third-order valence-electron chi connectivity index (χ3n) is 4.69. The van der Waals surface area contributed by atoms with Gasteiger partial charge in [0.05, 0.1) is 24.8 Å². The van der Waals surface area contributed by atoms with Gasteiger partial charge in [-0.1, -0.05) is 0 Å². The predicted octanol–water partition coefficient (Wildman–Crippen LogP) is -1.53. The molecule has 0 saturated carbocycles. The zero-order valence-electron chi connectivity index (χ0n) is 15.5. The topological polar surface area (TPSA) is 147 Å². The number of hydrogen-bond acceptors (Lipinski definition) is 7. The van der Waals surface area contributed by atoms with Crippen LogP contribution in [0, 0.1) is 13.8 Å². The number of nitrogens with zero attached hydrogens (tertiary/aromatic N) is 2. The molecule has 28 heavy (non-hydrogen) atoms. The van der Waals surface area contributed by atoms with E-state index in [1.54, 1.807) is 26.0 Å². The quantitative estimate of drug-likeness (QED) is 0.495. The van der Waals surface area contributed by atoms with E-state index in [0.29, 0.717) is 11.1 Å². The molecule has 4 N–H and O–H groups in total. The Morgan fingerprint density at radius 1 is 1.32 bits per heavy atom. The second-order valence-corrected chi connectivity index (χ2v) is 6.84. The molecule has 0 radical (unpaired) electrons. The van der Waals surface area contributed by atoms with Gasteiger partial charge in [-0.2, -0.15) is 0 Å². The summed E-state index contributed by atoms with van der Waals surface area (Å²) in [6.45, 7) is 3.24. The molecule has 150 valence electrons. The minimum Gasteiger partial charge on any atom is -0.388 e. The average Bonchev–Trinajstić information content (AvgIpc) is 2.66. The first kappa shape index (κ1) is 19.9. The van der Waals surface area contributed by atoms with Gasteiger partial charge in [-0.3, -0.25) is 24.1 Å². The highest BCUT2D eigenvalue weighted by Crippen LogP contribution is 2.17. The zero-order chi connectivity index (χ0) is 20.4. The first-order chi connectivity index (χ1) is 13.3. The van der Waals surface area contributed by atoms with Crippen molar-refractivity contribution in [3.8, 4) is 0 Å². The number of aliphatic hydroxyl groups is 2. The van der Waals surface area contributed by atoms with Crippen LogP contribution < -0.4 is 16.6 Å². The second-order valence-electron chi connectivity index (χ2n) is 6.84. The van der Waals surface area contributed by atoms with E-state index in [2.05, 4.69) is 15.3 Å². The number of aromatic nitrogens is 3. The summed E-state index contributed by atoms with van der Waals surface area (Å²) in [6.07, 6.45) is -0.727. The number of carbonyl (C=O) groups excluding carboxylic acids is 1. The summed E-state index contributed by atoms with van der Waals surface area (Å²) < 4.78 is 6.77. The summed E-state index contributed by atoms with van der Waals surface area (Å²) in [5, 5.41) is 23.4. The van der Waals surface area contributed by atoms with Gasteiger partial charge in [0, 0.05) is 23.7 Å². The van der Waals surface area contributed by atoms with Crippen LogP contribution in [0.5, 0.6) is 0 Å². The molecule has 0 unspecified atom stereocenters.